The number of ether oxygens (including phenoxy) is 1. The molecular formula is C13H18O3S. The SMILES string of the molecule is COc1ccc(C(C)C)cc1SC(C)C(=O)O. The van der Waals surface area contributed by atoms with E-state index in [2.05, 4.69) is 13.8 Å². The highest BCUT2D eigenvalue weighted by atomic mass is 32.2. The van der Waals surface area contributed by atoms with Crippen molar-refractivity contribution < 1.29 is 14.6 Å². The minimum absolute atomic E-state index is 0.417. The van der Waals surface area contributed by atoms with Gasteiger partial charge >= 0.3 is 5.97 Å². The second-order valence-electron chi connectivity index (χ2n) is 4.16. The molecule has 0 amide bonds. The van der Waals surface area contributed by atoms with Gasteiger partial charge in [0, 0.05) is 0 Å². The number of methoxy groups -OCH3 is 1. The Labute approximate surface area is 106 Å². The first-order chi connectivity index (χ1) is 7.95. The molecule has 0 fully saturated rings. The molecule has 0 aromatic heterocycles. The van der Waals surface area contributed by atoms with Crippen molar-refractivity contribution in [2.24, 2.45) is 0 Å². The van der Waals surface area contributed by atoms with Crippen LogP contribution in [0.1, 0.15) is 32.3 Å². The van der Waals surface area contributed by atoms with E-state index in [0.717, 1.165) is 10.6 Å². The molecule has 17 heavy (non-hydrogen) atoms. The minimum atomic E-state index is -0.813. The highest BCUT2D eigenvalue weighted by molar-refractivity contribution is 8.00. The number of rotatable bonds is 5. The summed E-state index contributed by atoms with van der Waals surface area (Å²) >= 11 is 1.31. The molecule has 0 heterocycles. The summed E-state index contributed by atoms with van der Waals surface area (Å²) in [4.78, 5) is 11.7. The Kier molecular flexibility index (Phi) is 4.87. The monoisotopic (exact) mass is 254 g/mol. The molecule has 0 aliphatic carbocycles. The van der Waals surface area contributed by atoms with Crippen molar-refractivity contribution in [3.05, 3.63) is 23.8 Å². The van der Waals surface area contributed by atoms with E-state index in [4.69, 9.17) is 9.84 Å². The fourth-order valence-corrected chi connectivity index (χ4v) is 2.34. The van der Waals surface area contributed by atoms with E-state index in [-0.39, 0.29) is 0 Å². The van der Waals surface area contributed by atoms with E-state index in [1.54, 1.807) is 14.0 Å². The standard InChI is InChI=1S/C13H18O3S/c1-8(2)10-5-6-11(16-4)12(7-10)17-9(3)13(14)15/h5-9H,1-4H3,(H,14,15). The van der Waals surface area contributed by atoms with E-state index in [1.807, 2.05) is 18.2 Å². The summed E-state index contributed by atoms with van der Waals surface area (Å²) in [6, 6.07) is 5.92. The van der Waals surface area contributed by atoms with Crippen LogP contribution in [0.5, 0.6) is 5.75 Å². The first-order valence-electron chi connectivity index (χ1n) is 5.53. The maximum absolute atomic E-state index is 10.9. The van der Waals surface area contributed by atoms with Gasteiger partial charge in [0.15, 0.2) is 0 Å². The molecule has 0 aliphatic rings. The maximum Gasteiger partial charge on any atom is 0.316 e. The number of hydrogen-bond donors (Lipinski definition) is 1. The molecule has 0 saturated carbocycles. The van der Waals surface area contributed by atoms with Crippen molar-refractivity contribution in [2.45, 2.75) is 36.8 Å². The summed E-state index contributed by atoms with van der Waals surface area (Å²) < 4.78 is 5.25. The average molecular weight is 254 g/mol. The van der Waals surface area contributed by atoms with Gasteiger partial charge in [0.25, 0.3) is 0 Å². The Hall–Kier alpha value is -1.16. The number of carboxylic acid groups (broad SMARTS) is 1. The Balaban J connectivity index is 3.01. The number of carbonyl (C=O) groups is 1. The number of benzene rings is 1. The molecule has 0 radical (unpaired) electrons. The molecule has 0 saturated heterocycles. The lowest BCUT2D eigenvalue weighted by Gasteiger charge is -2.14. The van der Waals surface area contributed by atoms with Crippen molar-refractivity contribution in [3.8, 4) is 5.75 Å². The van der Waals surface area contributed by atoms with Gasteiger partial charge in [-0.05, 0) is 30.5 Å². The van der Waals surface area contributed by atoms with Gasteiger partial charge in [-0.3, -0.25) is 4.79 Å². The number of aliphatic carboxylic acids is 1. The Morgan fingerprint density at radius 3 is 2.47 bits per heavy atom. The molecule has 1 N–H and O–H groups in total. The second-order valence-corrected chi connectivity index (χ2v) is 5.55. The van der Waals surface area contributed by atoms with Gasteiger partial charge in [0.1, 0.15) is 11.0 Å². The summed E-state index contributed by atoms with van der Waals surface area (Å²) in [7, 11) is 1.60. The zero-order valence-electron chi connectivity index (χ0n) is 10.6. The number of carboxylic acids is 1. The fourth-order valence-electron chi connectivity index (χ4n) is 1.39. The van der Waals surface area contributed by atoms with E-state index < -0.39 is 11.2 Å². The topological polar surface area (TPSA) is 46.5 Å². The summed E-state index contributed by atoms with van der Waals surface area (Å²) in [5.74, 6) is 0.333. The van der Waals surface area contributed by atoms with Crippen LogP contribution in [-0.2, 0) is 4.79 Å². The van der Waals surface area contributed by atoms with Gasteiger partial charge in [0.05, 0.1) is 12.0 Å². The first-order valence-corrected chi connectivity index (χ1v) is 6.41. The summed E-state index contributed by atoms with van der Waals surface area (Å²) in [6.45, 7) is 5.89. The van der Waals surface area contributed by atoms with Crippen LogP contribution in [0.4, 0.5) is 0 Å². The van der Waals surface area contributed by atoms with Crippen LogP contribution >= 0.6 is 11.8 Å². The average Bonchev–Trinajstić information content (AvgIpc) is 2.28. The lowest BCUT2D eigenvalue weighted by atomic mass is 10.0. The Morgan fingerprint density at radius 1 is 1.35 bits per heavy atom. The molecule has 1 unspecified atom stereocenters. The zero-order valence-corrected chi connectivity index (χ0v) is 11.4. The number of hydrogen-bond acceptors (Lipinski definition) is 3. The largest absolute Gasteiger partial charge is 0.496 e. The molecule has 94 valence electrons. The summed E-state index contributed by atoms with van der Waals surface area (Å²) in [5.41, 5.74) is 1.19. The fraction of sp³-hybridized carbons (Fsp3) is 0.462. The van der Waals surface area contributed by atoms with Crippen molar-refractivity contribution in [2.75, 3.05) is 7.11 Å². The number of thioether (sulfide) groups is 1. The van der Waals surface area contributed by atoms with Crippen LogP contribution in [-0.4, -0.2) is 23.4 Å². The van der Waals surface area contributed by atoms with Crippen molar-refractivity contribution in [1.29, 1.82) is 0 Å². The molecule has 0 spiro atoms. The molecule has 3 nitrogen and oxygen atoms in total. The van der Waals surface area contributed by atoms with Gasteiger partial charge in [-0.1, -0.05) is 19.9 Å². The molecule has 0 aliphatic heterocycles. The van der Waals surface area contributed by atoms with E-state index >= 15 is 0 Å². The van der Waals surface area contributed by atoms with E-state index in [0.29, 0.717) is 5.92 Å². The third-order valence-corrected chi connectivity index (χ3v) is 3.63. The van der Waals surface area contributed by atoms with Crippen LogP contribution in [0.2, 0.25) is 0 Å². The summed E-state index contributed by atoms with van der Waals surface area (Å²) in [5, 5.41) is 8.44. The molecule has 1 aromatic rings. The molecule has 1 atom stereocenters. The predicted molar refractivity (Wildman–Crippen MR) is 70.0 cm³/mol. The highest BCUT2D eigenvalue weighted by Gasteiger charge is 2.16. The van der Waals surface area contributed by atoms with Crippen molar-refractivity contribution in [1.82, 2.24) is 0 Å². The lowest BCUT2D eigenvalue weighted by molar-refractivity contribution is -0.136. The van der Waals surface area contributed by atoms with E-state index in [9.17, 15) is 4.79 Å². The van der Waals surface area contributed by atoms with Crippen molar-refractivity contribution in [3.63, 3.8) is 0 Å². The maximum atomic E-state index is 10.9. The van der Waals surface area contributed by atoms with Crippen LogP contribution in [0, 0.1) is 0 Å². The van der Waals surface area contributed by atoms with E-state index in [1.165, 1.54) is 17.3 Å². The van der Waals surface area contributed by atoms with Gasteiger partial charge in [-0.15, -0.1) is 11.8 Å². The minimum Gasteiger partial charge on any atom is -0.496 e. The normalized spacial score (nSPS) is 12.5. The van der Waals surface area contributed by atoms with Gasteiger partial charge in [-0.25, -0.2) is 0 Å². The highest BCUT2D eigenvalue weighted by Crippen LogP contribution is 2.34. The molecule has 1 aromatic carbocycles. The molecule has 1 rings (SSSR count). The smallest absolute Gasteiger partial charge is 0.316 e. The summed E-state index contributed by atoms with van der Waals surface area (Å²) in [6.07, 6.45) is 0. The Bertz CT molecular complexity index is 402. The second kappa shape index (κ2) is 5.96. The molecular weight excluding hydrogens is 236 g/mol. The van der Waals surface area contributed by atoms with Gasteiger partial charge in [0.2, 0.25) is 0 Å². The third-order valence-electron chi connectivity index (χ3n) is 2.51. The quantitative estimate of drug-likeness (QED) is 0.818. The van der Waals surface area contributed by atoms with Crippen LogP contribution in [0.25, 0.3) is 0 Å². The van der Waals surface area contributed by atoms with Crippen LogP contribution < -0.4 is 4.74 Å². The Morgan fingerprint density at radius 2 is 2.00 bits per heavy atom. The molecule has 4 heteroatoms. The lowest BCUT2D eigenvalue weighted by Crippen LogP contribution is -2.11. The predicted octanol–water partition coefficient (Wildman–Crippen LogP) is 3.38. The van der Waals surface area contributed by atoms with Crippen molar-refractivity contribution >= 4 is 17.7 Å². The van der Waals surface area contributed by atoms with Crippen LogP contribution in [0.3, 0.4) is 0 Å². The van der Waals surface area contributed by atoms with Gasteiger partial charge in [-0.2, -0.15) is 0 Å². The van der Waals surface area contributed by atoms with Gasteiger partial charge < -0.3 is 9.84 Å². The third kappa shape index (κ3) is 3.66. The molecule has 0 bridgehead atoms. The first kappa shape index (κ1) is 13.9. The van der Waals surface area contributed by atoms with Crippen LogP contribution in [0.15, 0.2) is 23.1 Å². The zero-order chi connectivity index (χ0) is 13.0.